The molecule has 1 amide bonds. The Morgan fingerprint density at radius 2 is 1.76 bits per heavy atom. The predicted molar refractivity (Wildman–Crippen MR) is 109 cm³/mol. The molecule has 1 heterocycles. The van der Waals surface area contributed by atoms with Crippen LogP contribution in [0.1, 0.15) is 11.1 Å². The summed E-state index contributed by atoms with van der Waals surface area (Å²) < 4.78 is 35.6. The van der Waals surface area contributed by atoms with Gasteiger partial charge in [0.15, 0.2) is 18.1 Å². The first-order chi connectivity index (χ1) is 13.9. The molecule has 1 aromatic heterocycles. The molecular formula is C19H19N3O5S2. The van der Waals surface area contributed by atoms with Crippen molar-refractivity contribution < 1.29 is 22.7 Å². The van der Waals surface area contributed by atoms with Gasteiger partial charge in [-0.3, -0.25) is 10.1 Å². The van der Waals surface area contributed by atoms with Gasteiger partial charge in [-0.2, -0.15) is 0 Å². The van der Waals surface area contributed by atoms with Crippen molar-refractivity contribution in [1.82, 2.24) is 10.2 Å². The minimum Gasteiger partial charge on any atom is -0.493 e. The number of rotatable bonds is 8. The van der Waals surface area contributed by atoms with Gasteiger partial charge in [0.1, 0.15) is 0 Å². The molecule has 1 N–H and O–H groups in total. The molecule has 8 nitrogen and oxygen atoms in total. The number of ether oxygens (including phenoxy) is 2. The lowest BCUT2D eigenvalue weighted by molar-refractivity contribution is -0.118. The van der Waals surface area contributed by atoms with Crippen LogP contribution in [0.15, 0.2) is 52.9 Å². The standard InChI is InChI=1S/C19H19N3O5S2/c1-13-7-3-4-8-14(13)12-29(24,25)19-22-21-18(28-19)20-17(23)11-27-16-10-6-5-9-15(16)26-2/h3-10H,11-12H2,1-2H3,(H,20,21,23). The fraction of sp³-hybridized carbons (Fsp3) is 0.211. The number of sulfone groups is 1. The molecule has 0 unspecified atom stereocenters. The Balaban J connectivity index is 1.62. The van der Waals surface area contributed by atoms with Crippen molar-refractivity contribution in [2.24, 2.45) is 0 Å². The van der Waals surface area contributed by atoms with Gasteiger partial charge in [0.25, 0.3) is 5.91 Å². The van der Waals surface area contributed by atoms with Gasteiger partial charge in [0.2, 0.25) is 19.3 Å². The Kier molecular flexibility index (Phi) is 6.45. The molecule has 0 fully saturated rings. The third-order valence-corrected chi connectivity index (χ3v) is 6.90. The number of amides is 1. The molecule has 0 aliphatic heterocycles. The van der Waals surface area contributed by atoms with Gasteiger partial charge < -0.3 is 9.47 Å². The molecular weight excluding hydrogens is 414 g/mol. The van der Waals surface area contributed by atoms with E-state index < -0.39 is 15.7 Å². The van der Waals surface area contributed by atoms with Gasteiger partial charge in [-0.25, -0.2) is 8.42 Å². The topological polar surface area (TPSA) is 107 Å². The van der Waals surface area contributed by atoms with Crippen molar-refractivity contribution in [2.75, 3.05) is 19.0 Å². The van der Waals surface area contributed by atoms with Crippen LogP contribution >= 0.6 is 11.3 Å². The third-order valence-electron chi connectivity index (χ3n) is 3.95. The van der Waals surface area contributed by atoms with E-state index in [4.69, 9.17) is 9.47 Å². The minimum absolute atomic E-state index is 0.0852. The van der Waals surface area contributed by atoms with E-state index >= 15 is 0 Å². The Hall–Kier alpha value is -2.98. The fourth-order valence-corrected chi connectivity index (χ4v) is 4.90. The smallest absolute Gasteiger partial charge is 0.264 e. The summed E-state index contributed by atoms with van der Waals surface area (Å²) in [5.41, 5.74) is 1.57. The number of nitrogens with zero attached hydrogens (tertiary/aromatic N) is 2. The van der Waals surface area contributed by atoms with Gasteiger partial charge in [-0.15, -0.1) is 10.2 Å². The number of anilines is 1. The Bertz CT molecular complexity index is 1110. The summed E-state index contributed by atoms with van der Waals surface area (Å²) in [4.78, 5) is 12.1. The van der Waals surface area contributed by atoms with Crippen LogP contribution < -0.4 is 14.8 Å². The number of carbonyl (C=O) groups excluding carboxylic acids is 1. The Morgan fingerprint density at radius 3 is 2.48 bits per heavy atom. The lowest BCUT2D eigenvalue weighted by Gasteiger charge is -2.09. The van der Waals surface area contributed by atoms with Crippen molar-refractivity contribution in [3.8, 4) is 11.5 Å². The van der Waals surface area contributed by atoms with E-state index in [1.54, 1.807) is 36.4 Å². The number of methoxy groups -OCH3 is 1. The predicted octanol–water partition coefficient (Wildman–Crippen LogP) is 2.85. The summed E-state index contributed by atoms with van der Waals surface area (Å²) in [5, 5.41) is 10.0. The first-order valence-corrected chi connectivity index (χ1v) is 11.0. The van der Waals surface area contributed by atoms with Crippen molar-refractivity contribution in [3.63, 3.8) is 0 Å². The molecule has 29 heavy (non-hydrogen) atoms. The molecule has 152 valence electrons. The number of nitrogens with one attached hydrogen (secondary N) is 1. The van der Waals surface area contributed by atoms with Crippen LogP contribution in [-0.4, -0.2) is 38.2 Å². The molecule has 0 aliphatic rings. The first-order valence-electron chi connectivity index (χ1n) is 8.55. The third kappa shape index (κ3) is 5.30. The SMILES string of the molecule is COc1ccccc1OCC(=O)Nc1nnc(S(=O)(=O)Cc2ccccc2C)s1. The van der Waals surface area contributed by atoms with Crippen molar-refractivity contribution in [3.05, 3.63) is 59.7 Å². The number of para-hydroxylation sites is 2. The van der Waals surface area contributed by atoms with E-state index in [1.165, 1.54) is 7.11 Å². The van der Waals surface area contributed by atoms with E-state index in [0.717, 1.165) is 16.9 Å². The fourth-order valence-electron chi connectivity index (χ4n) is 2.46. The maximum absolute atomic E-state index is 12.6. The molecule has 0 saturated carbocycles. The lowest BCUT2D eigenvalue weighted by Crippen LogP contribution is -2.20. The summed E-state index contributed by atoms with van der Waals surface area (Å²) in [7, 11) is -2.17. The van der Waals surface area contributed by atoms with E-state index in [-0.39, 0.29) is 21.8 Å². The second-order valence-corrected chi connectivity index (χ2v) is 9.19. The summed E-state index contributed by atoms with van der Waals surface area (Å²) >= 11 is 0.800. The largest absolute Gasteiger partial charge is 0.493 e. The molecule has 2 aromatic carbocycles. The highest BCUT2D eigenvalue weighted by Crippen LogP contribution is 2.26. The zero-order valence-electron chi connectivity index (χ0n) is 15.8. The van der Waals surface area contributed by atoms with Gasteiger partial charge >= 0.3 is 0 Å². The number of benzene rings is 2. The molecule has 0 spiro atoms. The van der Waals surface area contributed by atoms with Crippen LogP contribution in [0.5, 0.6) is 11.5 Å². The Labute approximate surface area is 172 Å². The molecule has 0 aliphatic carbocycles. The highest BCUT2D eigenvalue weighted by Gasteiger charge is 2.22. The van der Waals surface area contributed by atoms with Crippen LogP contribution in [0, 0.1) is 6.92 Å². The van der Waals surface area contributed by atoms with Crippen molar-refractivity contribution in [2.45, 2.75) is 17.0 Å². The lowest BCUT2D eigenvalue weighted by atomic mass is 10.1. The summed E-state index contributed by atoms with van der Waals surface area (Å²) in [6.07, 6.45) is 0. The van der Waals surface area contributed by atoms with Gasteiger partial charge in [0, 0.05) is 0 Å². The molecule has 0 atom stereocenters. The maximum atomic E-state index is 12.6. The number of carbonyl (C=O) groups is 1. The van der Waals surface area contributed by atoms with E-state index in [1.807, 2.05) is 19.1 Å². The zero-order valence-corrected chi connectivity index (χ0v) is 17.4. The molecule has 0 radical (unpaired) electrons. The van der Waals surface area contributed by atoms with Crippen LogP contribution in [0.3, 0.4) is 0 Å². The van der Waals surface area contributed by atoms with Gasteiger partial charge in [-0.1, -0.05) is 47.7 Å². The highest BCUT2D eigenvalue weighted by atomic mass is 32.2. The average Bonchev–Trinajstić information content (AvgIpc) is 3.18. The average molecular weight is 434 g/mol. The summed E-state index contributed by atoms with van der Waals surface area (Å²) in [6.45, 7) is 1.56. The second kappa shape index (κ2) is 9.01. The Morgan fingerprint density at radius 1 is 1.07 bits per heavy atom. The molecule has 3 aromatic rings. The monoisotopic (exact) mass is 433 g/mol. The zero-order chi connectivity index (χ0) is 20.9. The normalized spacial score (nSPS) is 11.1. The van der Waals surface area contributed by atoms with E-state index in [9.17, 15) is 13.2 Å². The summed E-state index contributed by atoms with van der Waals surface area (Å²) in [5.74, 6) is 0.249. The second-order valence-electron chi connectivity index (χ2n) is 6.05. The summed E-state index contributed by atoms with van der Waals surface area (Å²) in [6, 6.07) is 14.2. The van der Waals surface area contributed by atoms with Crippen LogP contribution in [0.2, 0.25) is 0 Å². The van der Waals surface area contributed by atoms with Crippen LogP contribution in [0.4, 0.5) is 5.13 Å². The van der Waals surface area contributed by atoms with Crippen molar-refractivity contribution in [1.29, 1.82) is 0 Å². The minimum atomic E-state index is -3.67. The van der Waals surface area contributed by atoms with Crippen LogP contribution in [0.25, 0.3) is 0 Å². The quantitative estimate of drug-likeness (QED) is 0.544. The first kappa shape index (κ1) is 20.7. The molecule has 0 bridgehead atoms. The van der Waals surface area contributed by atoms with E-state index in [2.05, 4.69) is 15.5 Å². The molecule has 3 rings (SSSR count). The van der Waals surface area contributed by atoms with Gasteiger partial charge in [0.05, 0.1) is 12.9 Å². The highest BCUT2D eigenvalue weighted by molar-refractivity contribution is 7.92. The van der Waals surface area contributed by atoms with Crippen LogP contribution in [-0.2, 0) is 20.4 Å². The maximum Gasteiger partial charge on any atom is 0.264 e. The molecule has 10 heteroatoms. The number of aryl methyl sites for hydroxylation is 1. The van der Waals surface area contributed by atoms with E-state index in [0.29, 0.717) is 17.1 Å². The number of hydrogen-bond donors (Lipinski definition) is 1. The number of hydrogen-bond acceptors (Lipinski definition) is 8. The van der Waals surface area contributed by atoms with Gasteiger partial charge in [-0.05, 0) is 30.2 Å². The molecule has 0 saturated heterocycles. The number of aromatic nitrogens is 2. The van der Waals surface area contributed by atoms with Crippen molar-refractivity contribution >= 4 is 32.2 Å².